The van der Waals surface area contributed by atoms with Crippen LogP contribution in [0.4, 0.5) is 0 Å². The van der Waals surface area contributed by atoms with Crippen molar-refractivity contribution in [2.24, 2.45) is 0 Å². The fourth-order valence-corrected chi connectivity index (χ4v) is 2.98. The van der Waals surface area contributed by atoms with E-state index in [4.69, 9.17) is 0 Å². The average molecular weight is 268 g/mol. The van der Waals surface area contributed by atoms with Gasteiger partial charge in [-0.25, -0.2) is 0 Å². The van der Waals surface area contributed by atoms with Crippen molar-refractivity contribution < 1.29 is 5.11 Å². The Kier molecular flexibility index (Phi) is 4.49. The van der Waals surface area contributed by atoms with E-state index >= 15 is 0 Å². The molecule has 0 radical (unpaired) electrons. The molecule has 0 spiro atoms. The summed E-state index contributed by atoms with van der Waals surface area (Å²) in [6, 6.07) is 12.7. The zero-order chi connectivity index (χ0) is 14.7. The minimum Gasteiger partial charge on any atom is -0.507 e. The molecule has 1 N–H and O–H groups in total. The summed E-state index contributed by atoms with van der Waals surface area (Å²) < 4.78 is 0. The summed E-state index contributed by atoms with van der Waals surface area (Å²) in [4.78, 5) is 0. The van der Waals surface area contributed by atoms with Crippen LogP contribution < -0.4 is 0 Å². The molecule has 0 heterocycles. The summed E-state index contributed by atoms with van der Waals surface area (Å²) in [6.45, 7) is 8.36. The molecule has 0 saturated carbocycles. The van der Waals surface area contributed by atoms with Crippen LogP contribution in [0.15, 0.2) is 36.4 Å². The number of phenolic OH excluding ortho intramolecular Hbond substituents is 1. The lowest BCUT2D eigenvalue weighted by Crippen LogP contribution is -2.05. The van der Waals surface area contributed by atoms with Gasteiger partial charge in [0.05, 0.1) is 0 Å². The minimum absolute atomic E-state index is 0.278. The van der Waals surface area contributed by atoms with E-state index in [9.17, 15) is 5.11 Å². The highest BCUT2D eigenvalue weighted by Gasteiger charge is 2.21. The lowest BCUT2D eigenvalue weighted by molar-refractivity contribution is 0.457. The predicted octanol–water partition coefficient (Wildman–Crippen LogP) is 5.25. The molecular formula is C19H24O. The second-order valence-electron chi connectivity index (χ2n) is 5.65. The monoisotopic (exact) mass is 268 g/mol. The van der Waals surface area contributed by atoms with Crippen molar-refractivity contribution in [1.82, 2.24) is 0 Å². The smallest absolute Gasteiger partial charge is 0.122 e. The normalized spacial score (nSPS) is 12.4. The maximum absolute atomic E-state index is 10.6. The van der Waals surface area contributed by atoms with Gasteiger partial charge >= 0.3 is 0 Å². The maximum atomic E-state index is 10.6. The highest BCUT2D eigenvalue weighted by molar-refractivity contribution is 5.53. The minimum atomic E-state index is 0.278. The number of hydrogen-bond acceptors (Lipinski definition) is 1. The summed E-state index contributed by atoms with van der Waals surface area (Å²) >= 11 is 0. The molecular weight excluding hydrogens is 244 g/mol. The van der Waals surface area contributed by atoms with Crippen LogP contribution >= 0.6 is 0 Å². The number of aryl methyl sites for hydroxylation is 2. The Bertz CT molecular complexity index is 584. The maximum Gasteiger partial charge on any atom is 0.122 e. The Labute approximate surface area is 122 Å². The van der Waals surface area contributed by atoms with Gasteiger partial charge in [-0.2, -0.15) is 0 Å². The quantitative estimate of drug-likeness (QED) is 0.803. The standard InChI is InChI=1S/C19H24O/c1-5-9-17(16-10-7-6-8-11-16)18-14(3)12-13(2)15(4)19(18)20/h6-8,10-12,17,20H,5,9H2,1-4H3. The van der Waals surface area contributed by atoms with Crippen LogP contribution in [0.5, 0.6) is 5.75 Å². The fraction of sp³-hybridized carbons (Fsp3) is 0.368. The Balaban J connectivity index is 2.59. The number of phenols is 1. The molecule has 2 aromatic carbocycles. The second-order valence-corrected chi connectivity index (χ2v) is 5.65. The fourth-order valence-electron chi connectivity index (χ4n) is 2.98. The summed E-state index contributed by atoms with van der Waals surface area (Å²) in [7, 11) is 0. The highest BCUT2D eigenvalue weighted by atomic mass is 16.3. The van der Waals surface area contributed by atoms with Crippen molar-refractivity contribution in [3.8, 4) is 5.75 Å². The highest BCUT2D eigenvalue weighted by Crippen LogP contribution is 2.39. The topological polar surface area (TPSA) is 20.2 Å². The third-order valence-electron chi connectivity index (χ3n) is 4.19. The molecule has 0 aliphatic rings. The Morgan fingerprint density at radius 3 is 2.25 bits per heavy atom. The van der Waals surface area contributed by atoms with E-state index < -0.39 is 0 Å². The SMILES string of the molecule is CCCC(c1ccccc1)c1c(C)cc(C)c(C)c1O. The predicted molar refractivity (Wildman–Crippen MR) is 85.5 cm³/mol. The summed E-state index contributed by atoms with van der Waals surface area (Å²) in [6.07, 6.45) is 2.16. The van der Waals surface area contributed by atoms with Gasteiger partial charge in [-0.1, -0.05) is 49.7 Å². The van der Waals surface area contributed by atoms with Gasteiger partial charge in [0, 0.05) is 11.5 Å². The largest absolute Gasteiger partial charge is 0.507 e. The number of rotatable bonds is 4. The van der Waals surface area contributed by atoms with Crippen LogP contribution in [0.1, 0.15) is 53.5 Å². The first-order valence-corrected chi connectivity index (χ1v) is 7.40. The number of hydrogen-bond donors (Lipinski definition) is 1. The molecule has 0 amide bonds. The van der Waals surface area contributed by atoms with Gasteiger partial charge in [-0.3, -0.25) is 0 Å². The van der Waals surface area contributed by atoms with Gasteiger partial charge in [0.2, 0.25) is 0 Å². The van der Waals surface area contributed by atoms with Gasteiger partial charge in [0.25, 0.3) is 0 Å². The molecule has 0 fully saturated rings. The van der Waals surface area contributed by atoms with Gasteiger partial charge in [0.1, 0.15) is 5.75 Å². The number of aromatic hydroxyl groups is 1. The van der Waals surface area contributed by atoms with Crippen LogP contribution in [0.3, 0.4) is 0 Å². The van der Waals surface area contributed by atoms with Crippen LogP contribution in [0.2, 0.25) is 0 Å². The van der Waals surface area contributed by atoms with Crippen LogP contribution in [0.25, 0.3) is 0 Å². The molecule has 0 aliphatic carbocycles. The summed E-state index contributed by atoms with van der Waals surface area (Å²) in [5, 5.41) is 10.6. The van der Waals surface area contributed by atoms with Gasteiger partial charge in [0.15, 0.2) is 0 Å². The molecule has 0 aliphatic heterocycles. The first-order valence-electron chi connectivity index (χ1n) is 7.40. The zero-order valence-corrected chi connectivity index (χ0v) is 12.9. The van der Waals surface area contributed by atoms with Gasteiger partial charge in [-0.15, -0.1) is 0 Å². The molecule has 1 atom stereocenters. The first kappa shape index (κ1) is 14.6. The molecule has 0 saturated heterocycles. The molecule has 106 valence electrons. The molecule has 0 bridgehead atoms. The van der Waals surface area contributed by atoms with Gasteiger partial charge in [-0.05, 0) is 49.4 Å². The van der Waals surface area contributed by atoms with Gasteiger partial charge < -0.3 is 5.11 Å². The molecule has 1 nitrogen and oxygen atoms in total. The average Bonchev–Trinajstić information content (AvgIpc) is 2.45. The van der Waals surface area contributed by atoms with Crippen molar-refractivity contribution in [3.63, 3.8) is 0 Å². The summed E-state index contributed by atoms with van der Waals surface area (Å²) in [5.74, 6) is 0.755. The zero-order valence-electron chi connectivity index (χ0n) is 12.9. The molecule has 0 aromatic heterocycles. The first-order chi connectivity index (χ1) is 9.56. The lowest BCUT2D eigenvalue weighted by atomic mass is 9.83. The Morgan fingerprint density at radius 1 is 1.00 bits per heavy atom. The van der Waals surface area contributed by atoms with Crippen molar-refractivity contribution in [3.05, 3.63) is 64.2 Å². The van der Waals surface area contributed by atoms with Crippen LogP contribution in [-0.2, 0) is 0 Å². The third-order valence-corrected chi connectivity index (χ3v) is 4.19. The molecule has 2 aromatic rings. The molecule has 2 rings (SSSR count). The van der Waals surface area contributed by atoms with E-state index in [0.717, 1.165) is 29.5 Å². The molecule has 1 unspecified atom stereocenters. The van der Waals surface area contributed by atoms with Crippen molar-refractivity contribution in [2.45, 2.75) is 46.5 Å². The van der Waals surface area contributed by atoms with Crippen LogP contribution in [-0.4, -0.2) is 5.11 Å². The van der Waals surface area contributed by atoms with Crippen LogP contribution in [0, 0.1) is 20.8 Å². The van der Waals surface area contributed by atoms with Crippen molar-refractivity contribution >= 4 is 0 Å². The Morgan fingerprint density at radius 2 is 1.65 bits per heavy atom. The molecule has 1 heteroatoms. The molecule has 20 heavy (non-hydrogen) atoms. The van der Waals surface area contributed by atoms with Crippen molar-refractivity contribution in [1.29, 1.82) is 0 Å². The van der Waals surface area contributed by atoms with E-state index in [-0.39, 0.29) is 5.92 Å². The van der Waals surface area contributed by atoms with Crippen molar-refractivity contribution in [2.75, 3.05) is 0 Å². The third kappa shape index (κ3) is 2.72. The van der Waals surface area contributed by atoms with E-state index in [1.54, 1.807) is 0 Å². The Hall–Kier alpha value is -1.76. The summed E-state index contributed by atoms with van der Waals surface area (Å²) in [5.41, 5.74) is 5.74. The van der Waals surface area contributed by atoms with E-state index in [1.165, 1.54) is 11.1 Å². The van der Waals surface area contributed by atoms with E-state index in [1.807, 2.05) is 13.0 Å². The van der Waals surface area contributed by atoms with E-state index in [2.05, 4.69) is 51.1 Å². The number of benzene rings is 2. The lowest BCUT2D eigenvalue weighted by Gasteiger charge is -2.23. The van der Waals surface area contributed by atoms with E-state index in [0.29, 0.717) is 5.75 Å². The second kappa shape index (κ2) is 6.13.